The van der Waals surface area contributed by atoms with Crippen LogP contribution in [0.25, 0.3) is 10.2 Å². The van der Waals surface area contributed by atoms with Crippen LogP contribution in [0.2, 0.25) is 0 Å². The number of hydrogen-bond acceptors (Lipinski definition) is 5. The van der Waals surface area contributed by atoms with Crippen LogP contribution in [0, 0.1) is 10.1 Å². The van der Waals surface area contributed by atoms with E-state index >= 15 is 0 Å². The second-order valence-electron chi connectivity index (χ2n) is 6.23. The zero-order valence-corrected chi connectivity index (χ0v) is 14.2. The van der Waals surface area contributed by atoms with Crippen molar-refractivity contribution in [3.63, 3.8) is 0 Å². The maximum Gasteiger partial charge on any atom is 0.285 e. The average molecular weight is 357 g/mol. The first kappa shape index (κ1) is 15.9. The summed E-state index contributed by atoms with van der Waals surface area (Å²) in [6.45, 7) is 1.34. The molecule has 1 aliphatic heterocycles. The number of likely N-dealkylation sites (tertiary alicyclic amines) is 1. The van der Waals surface area contributed by atoms with Crippen LogP contribution in [0.1, 0.15) is 23.9 Å². The van der Waals surface area contributed by atoms with Crippen molar-refractivity contribution >= 4 is 27.2 Å². The number of fused-ring (bicyclic) bond motifs is 1. The van der Waals surface area contributed by atoms with E-state index in [0.717, 1.165) is 34.6 Å². The summed E-state index contributed by atoms with van der Waals surface area (Å²) in [6, 6.07) is 10.8. The van der Waals surface area contributed by atoms with Gasteiger partial charge in [0.05, 0.1) is 27.9 Å². The molecule has 4 rings (SSSR count). The average Bonchev–Trinajstić information content (AvgIpc) is 3.22. The number of para-hydroxylation sites is 1. The van der Waals surface area contributed by atoms with Gasteiger partial charge in [-0.1, -0.05) is 12.1 Å². The number of benzene rings is 1. The molecule has 7 nitrogen and oxygen atoms in total. The van der Waals surface area contributed by atoms with Crippen molar-refractivity contribution in [3.05, 3.63) is 68.1 Å². The van der Waals surface area contributed by atoms with Gasteiger partial charge in [-0.05, 0) is 12.1 Å². The van der Waals surface area contributed by atoms with Gasteiger partial charge in [0, 0.05) is 25.0 Å². The van der Waals surface area contributed by atoms with E-state index in [1.54, 1.807) is 11.3 Å². The van der Waals surface area contributed by atoms with Gasteiger partial charge < -0.3 is 4.90 Å². The fourth-order valence-electron chi connectivity index (χ4n) is 3.41. The zero-order valence-electron chi connectivity index (χ0n) is 13.4. The van der Waals surface area contributed by atoms with Gasteiger partial charge in [-0.15, -0.1) is 11.3 Å². The first-order valence-electron chi connectivity index (χ1n) is 8.17. The van der Waals surface area contributed by atoms with E-state index in [9.17, 15) is 14.9 Å². The van der Waals surface area contributed by atoms with Crippen LogP contribution in [0.15, 0.2) is 47.4 Å². The Labute approximate surface area is 147 Å². The Bertz CT molecular complexity index is 964. The van der Waals surface area contributed by atoms with Crippen LogP contribution in [0.4, 0.5) is 5.69 Å². The molecule has 1 saturated heterocycles. The third kappa shape index (κ3) is 3.06. The first-order valence-corrected chi connectivity index (χ1v) is 8.98. The minimum atomic E-state index is -0.472. The van der Waals surface area contributed by atoms with Gasteiger partial charge in [0.2, 0.25) is 0 Å². The van der Waals surface area contributed by atoms with Gasteiger partial charge in [-0.2, -0.15) is 0 Å². The highest BCUT2D eigenvalue weighted by atomic mass is 32.1. The molecule has 1 aliphatic rings. The summed E-state index contributed by atoms with van der Waals surface area (Å²) in [4.78, 5) is 28.6. The molecule has 8 heteroatoms. The zero-order chi connectivity index (χ0) is 17.4. The molecular formula is C17H17N4O3S+. The lowest BCUT2D eigenvalue weighted by Crippen LogP contribution is -3.09. The van der Waals surface area contributed by atoms with Crippen molar-refractivity contribution in [1.82, 2.24) is 9.55 Å². The van der Waals surface area contributed by atoms with E-state index in [-0.39, 0.29) is 17.3 Å². The molecule has 0 spiro atoms. The molecule has 25 heavy (non-hydrogen) atoms. The van der Waals surface area contributed by atoms with E-state index in [1.807, 2.05) is 18.2 Å². The number of thiazole rings is 1. The van der Waals surface area contributed by atoms with Crippen molar-refractivity contribution in [1.29, 1.82) is 0 Å². The molecule has 1 unspecified atom stereocenters. The monoisotopic (exact) mass is 357 g/mol. The maximum atomic E-state index is 12.1. The largest absolute Gasteiger partial charge is 0.309 e. The highest BCUT2D eigenvalue weighted by molar-refractivity contribution is 7.18. The molecule has 3 aromatic rings. The lowest BCUT2D eigenvalue weighted by molar-refractivity contribution is -0.940. The Morgan fingerprint density at radius 3 is 2.96 bits per heavy atom. The Morgan fingerprint density at radius 1 is 1.32 bits per heavy atom. The van der Waals surface area contributed by atoms with Gasteiger partial charge in [0.1, 0.15) is 6.04 Å². The number of aromatic nitrogens is 2. The quantitative estimate of drug-likeness (QED) is 0.570. The molecule has 1 N–H and O–H groups in total. The smallest absolute Gasteiger partial charge is 0.285 e. The number of nitro groups is 1. The molecule has 128 valence electrons. The number of rotatable bonds is 4. The normalized spacial score (nSPS) is 20.2. The predicted octanol–water partition coefficient (Wildman–Crippen LogP) is 1.74. The summed E-state index contributed by atoms with van der Waals surface area (Å²) >= 11 is 1.69. The van der Waals surface area contributed by atoms with E-state index in [0.29, 0.717) is 6.67 Å². The third-order valence-electron chi connectivity index (χ3n) is 4.64. The van der Waals surface area contributed by atoms with Crippen LogP contribution in [-0.4, -0.2) is 21.0 Å². The molecule has 0 bridgehead atoms. The van der Waals surface area contributed by atoms with Crippen LogP contribution >= 0.6 is 11.3 Å². The molecule has 0 saturated carbocycles. The minimum absolute atomic E-state index is 0.0604. The first-order chi connectivity index (χ1) is 12.1. The number of nitrogens with one attached hydrogen (secondary N) is 1. The molecule has 0 amide bonds. The Hall–Kier alpha value is -2.58. The summed E-state index contributed by atoms with van der Waals surface area (Å²) in [5.41, 5.74) is 0.726. The van der Waals surface area contributed by atoms with Crippen molar-refractivity contribution in [2.45, 2.75) is 25.6 Å². The third-order valence-corrected chi connectivity index (χ3v) is 5.79. The van der Waals surface area contributed by atoms with Crippen molar-refractivity contribution < 1.29 is 9.82 Å². The summed E-state index contributed by atoms with van der Waals surface area (Å²) in [5.74, 6) is 0. The lowest BCUT2D eigenvalue weighted by atomic mass is 10.2. The molecule has 1 aromatic carbocycles. The van der Waals surface area contributed by atoms with E-state index in [2.05, 4.69) is 6.07 Å². The molecule has 2 aromatic heterocycles. The molecule has 2 atom stereocenters. The molecule has 0 aliphatic carbocycles. The molecule has 3 heterocycles. The van der Waals surface area contributed by atoms with E-state index in [4.69, 9.17) is 4.98 Å². The Morgan fingerprint density at radius 2 is 2.16 bits per heavy atom. The molecule has 0 radical (unpaired) electrons. The summed E-state index contributed by atoms with van der Waals surface area (Å²) in [7, 11) is 0. The van der Waals surface area contributed by atoms with Crippen molar-refractivity contribution in [2.24, 2.45) is 0 Å². The van der Waals surface area contributed by atoms with Gasteiger partial charge in [0.15, 0.2) is 11.7 Å². The van der Waals surface area contributed by atoms with Crippen molar-refractivity contribution in [3.8, 4) is 0 Å². The Balaban J connectivity index is 1.63. The molecule has 1 fully saturated rings. The summed E-state index contributed by atoms with van der Waals surface area (Å²) in [5, 5.41) is 12.0. The standard InChI is InChI=1S/C17H16N4O3S/c22-16-8-7-12(21(23)24)10-20(16)11-19-9-3-5-14(19)17-18-13-4-1-2-6-15(13)25-17/h1-2,4,6-8,10,14H,3,5,9,11H2/p+1/t14-/m1/s1. The number of nitrogens with zero attached hydrogens (tertiary/aromatic N) is 3. The second-order valence-corrected chi connectivity index (χ2v) is 7.30. The summed E-state index contributed by atoms with van der Waals surface area (Å²) < 4.78 is 2.61. The van der Waals surface area contributed by atoms with Crippen LogP contribution in [0.5, 0.6) is 0 Å². The fraction of sp³-hybridized carbons (Fsp3) is 0.294. The SMILES string of the molecule is O=c1ccc([N+](=O)[O-])cn1C[NH+]1CCC[C@@H]1c1nc2ccccc2s1. The topological polar surface area (TPSA) is 82.5 Å². The predicted molar refractivity (Wildman–Crippen MR) is 94.8 cm³/mol. The second kappa shape index (κ2) is 6.38. The Kier molecular flexibility index (Phi) is 4.06. The van der Waals surface area contributed by atoms with Gasteiger partial charge in [0.25, 0.3) is 11.2 Å². The van der Waals surface area contributed by atoms with Crippen molar-refractivity contribution in [2.75, 3.05) is 6.54 Å². The highest BCUT2D eigenvalue weighted by Gasteiger charge is 2.33. The van der Waals surface area contributed by atoms with Gasteiger partial charge >= 0.3 is 0 Å². The van der Waals surface area contributed by atoms with E-state index < -0.39 is 4.92 Å². The molecular weight excluding hydrogens is 340 g/mol. The number of pyridine rings is 1. The fourth-order valence-corrected chi connectivity index (χ4v) is 4.57. The van der Waals surface area contributed by atoms with Crippen LogP contribution in [-0.2, 0) is 6.67 Å². The number of hydrogen-bond donors (Lipinski definition) is 1. The van der Waals surface area contributed by atoms with Gasteiger partial charge in [-0.25, -0.2) is 4.98 Å². The van der Waals surface area contributed by atoms with Crippen LogP contribution in [0.3, 0.4) is 0 Å². The van der Waals surface area contributed by atoms with E-state index in [1.165, 1.54) is 27.8 Å². The maximum absolute atomic E-state index is 12.1. The van der Waals surface area contributed by atoms with Crippen LogP contribution < -0.4 is 10.5 Å². The lowest BCUT2D eigenvalue weighted by Gasteiger charge is -2.20. The summed E-state index contributed by atoms with van der Waals surface area (Å²) in [6.07, 6.45) is 3.40. The highest BCUT2D eigenvalue weighted by Crippen LogP contribution is 2.28. The number of quaternary nitrogens is 1. The minimum Gasteiger partial charge on any atom is -0.309 e. The van der Waals surface area contributed by atoms with Gasteiger partial charge in [-0.3, -0.25) is 19.5 Å².